The van der Waals surface area contributed by atoms with E-state index >= 15 is 0 Å². The van der Waals surface area contributed by atoms with E-state index in [4.69, 9.17) is 9.47 Å². The zero-order valence-electron chi connectivity index (χ0n) is 21.6. The Morgan fingerprint density at radius 1 is 1.09 bits per heavy atom. The van der Waals surface area contributed by atoms with Crippen LogP contribution in [0.3, 0.4) is 0 Å². The fourth-order valence-corrected chi connectivity index (χ4v) is 5.45. The number of carbonyl (C=O) groups excluding carboxylic acids is 3. The second kappa shape index (κ2) is 16.2. The number of rotatable bonds is 16. The first-order valence-corrected chi connectivity index (χ1v) is 13.6. The Morgan fingerprint density at radius 2 is 1.80 bits per heavy atom. The number of thiophene rings is 1. The highest BCUT2D eigenvalue weighted by Gasteiger charge is 2.39. The van der Waals surface area contributed by atoms with Gasteiger partial charge in [0.2, 0.25) is 17.7 Å². The highest BCUT2D eigenvalue weighted by Crippen LogP contribution is 2.31. The summed E-state index contributed by atoms with van der Waals surface area (Å²) >= 11 is 3.01. The quantitative estimate of drug-likeness (QED) is 0.112. The molecule has 35 heavy (non-hydrogen) atoms. The number of ether oxygens (including phenoxy) is 2. The Morgan fingerprint density at radius 3 is 2.34 bits per heavy atom. The fourth-order valence-electron chi connectivity index (χ4n) is 3.45. The number of methoxy groups -OCH3 is 1. The van der Waals surface area contributed by atoms with Crippen molar-refractivity contribution >= 4 is 40.8 Å². The van der Waals surface area contributed by atoms with Crippen LogP contribution >= 0.6 is 23.1 Å². The van der Waals surface area contributed by atoms with E-state index in [1.54, 1.807) is 23.9 Å². The monoisotopic (exact) mass is 531 g/mol. The van der Waals surface area contributed by atoms with Crippen LogP contribution in [-0.2, 0) is 23.9 Å². The second-order valence-electron chi connectivity index (χ2n) is 9.77. The molecule has 3 atom stereocenters. The maximum absolute atomic E-state index is 13.5. The predicted molar refractivity (Wildman–Crippen MR) is 138 cm³/mol. The van der Waals surface area contributed by atoms with Gasteiger partial charge in [-0.25, -0.2) is 5.48 Å². The van der Waals surface area contributed by atoms with E-state index in [0.717, 1.165) is 4.21 Å². The van der Waals surface area contributed by atoms with E-state index in [1.807, 2.05) is 52.1 Å². The van der Waals surface area contributed by atoms with Gasteiger partial charge in [-0.3, -0.25) is 19.6 Å². The van der Waals surface area contributed by atoms with Crippen molar-refractivity contribution in [2.45, 2.75) is 51.3 Å². The van der Waals surface area contributed by atoms with E-state index in [-0.39, 0.29) is 17.7 Å². The molecule has 9 nitrogen and oxygen atoms in total. The number of carbonyl (C=O) groups is 3. The third kappa shape index (κ3) is 11.7. The van der Waals surface area contributed by atoms with E-state index < -0.39 is 29.2 Å². The minimum Gasteiger partial charge on any atom is -0.382 e. The lowest BCUT2D eigenvalue weighted by Gasteiger charge is -2.33. The van der Waals surface area contributed by atoms with Gasteiger partial charge in [0.1, 0.15) is 6.04 Å². The molecule has 1 heterocycles. The lowest BCUT2D eigenvalue weighted by atomic mass is 9.82. The molecule has 0 saturated carbocycles. The topological polar surface area (TPSA) is 126 Å². The molecule has 0 fully saturated rings. The van der Waals surface area contributed by atoms with E-state index in [1.165, 1.54) is 11.8 Å². The number of hydrogen-bond donors (Lipinski definition) is 4. The molecule has 0 spiro atoms. The van der Waals surface area contributed by atoms with E-state index in [0.29, 0.717) is 38.5 Å². The number of hydroxylamine groups is 1. The Kier molecular flexibility index (Phi) is 14.5. The summed E-state index contributed by atoms with van der Waals surface area (Å²) < 4.78 is 11.3. The van der Waals surface area contributed by atoms with Crippen LogP contribution in [0.25, 0.3) is 0 Å². The van der Waals surface area contributed by atoms with Crippen LogP contribution in [0.4, 0.5) is 0 Å². The summed E-state index contributed by atoms with van der Waals surface area (Å²) in [4.78, 5) is 39.1. The zero-order chi connectivity index (χ0) is 26.4. The molecule has 0 aliphatic carbocycles. The smallest absolute Gasteiger partial charge is 0.248 e. The molecule has 1 rings (SSSR count). The Bertz CT molecular complexity index is 768. The van der Waals surface area contributed by atoms with Crippen LogP contribution in [0, 0.1) is 23.2 Å². The number of amides is 3. The molecule has 0 aromatic carbocycles. The Hall–Kier alpha value is -1.66. The minimum atomic E-state index is -0.813. The summed E-state index contributed by atoms with van der Waals surface area (Å²) in [6.07, 6.45) is 0.431. The molecular weight excluding hydrogens is 490 g/mol. The van der Waals surface area contributed by atoms with Crippen LogP contribution in [0.15, 0.2) is 21.7 Å². The Balaban J connectivity index is 2.97. The van der Waals surface area contributed by atoms with Gasteiger partial charge < -0.3 is 20.1 Å². The van der Waals surface area contributed by atoms with Crippen molar-refractivity contribution in [2.75, 3.05) is 39.2 Å². The van der Waals surface area contributed by atoms with Gasteiger partial charge in [-0.15, -0.1) is 23.1 Å². The van der Waals surface area contributed by atoms with Gasteiger partial charge in [0.05, 0.1) is 35.9 Å². The standard InChI is InChI=1S/C24H41N3O6S2/c1-16(2)14-17(18(22(29)27-31)15-35-19-8-7-13-34-19)21(28)26-20(24(3,4)5)23(30)25-9-10-33-12-11-32-6/h7-8,13,16-18,20,31H,9-12,14-15H2,1-6H3,(H,25,30)(H,26,28)(H,27,29)/t17-,18+,20-/m1/s1. The maximum atomic E-state index is 13.5. The van der Waals surface area contributed by atoms with Crippen molar-refractivity contribution in [1.82, 2.24) is 16.1 Å². The number of thioether (sulfide) groups is 1. The van der Waals surface area contributed by atoms with Gasteiger partial charge >= 0.3 is 0 Å². The van der Waals surface area contributed by atoms with Gasteiger partial charge in [-0.05, 0) is 29.2 Å². The Labute approximate surface area is 217 Å². The van der Waals surface area contributed by atoms with Crippen molar-refractivity contribution in [1.29, 1.82) is 0 Å². The summed E-state index contributed by atoms with van der Waals surface area (Å²) in [5.41, 5.74) is 1.16. The van der Waals surface area contributed by atoms with Crippen molar-refractivity contribution in [3.63, 3.8) is 0 Å². The second-order valence-corrected chi connectivity index (χ2v) is 12.0. The summed E-state index contributed by atoms with van der Waals surface area (Å²) in [5, 5.41) is 17.0. The van der Waals surface area contributed by atoms with Gasteiger partial charge in [0.25, 0.3) is 0 Å². The summed E-state index contributed by atoms with van der Waals surface area (Å²) in [5.74, 6) is -2.36. The van der Waals surface area contributed by atoms with E-state index in [9.17, 15) is 19.6 Å². The maximum Gasteiger partial charge on any atom is 0.248 e. The molecule has 1 aromatic heterocycles. The van der Waals surface area contributed by atoms with Crippen LogP contribution < -0.4 is 16.1 Å². The first-order valence-electron chi connectivity index (χ1n) is 11.8. The molecule has 0 radical (unpaired) electrons. The lowest BCUT2D eigenvalue weighted by molar-refractivity contribution is -0.141. The summed E-state index contributed by atoms with van der Waals surface area (Å²) in [6.45, 7) is 11.1. The minimum absolute atomic E-state index is 0.123. The third-order valence-corrected chi connectivity index (χ3v) is 7.54. The highest BCUT2D eigenvalue weighted by molar-refractivity contribution is 8.01. The lowest BCUT2D eigenvalue weighted by Crippen LogP contribution is -2.56. The van der Waals surface area contributed by atoms with Gasteiger partial charge in [0.15, 0.2) is 0 Å². The van der Waals surface area contributed by atoms with Crippen LogP contribution in [0.5, 0.6) is 0 Å². The molecule has 4 N–H and O–H groups in total. The average Bonchev–Trinajstić information content (AvgIpc) is 3.31. The molecule has 0 bridgehead atoms. The molecule has 0 unspecified atom stereocenters. The molecule has 0 aliphatic heterocycles. The van der Waals surface area contributed by atoms with Crippen LogP contribution in [-0.4, -0.2) is 68.2 Å². The normalized spacial score (nSPS) is 14.3. The SMILES string of the molecule is COCCOCCNC(=O)[C@@H](NC(=O)[C@H](CC(C)C)[C@H](CSc1cccs1)C(=O)NO)C(C)(C)C. The molecule has 0 aliphatic rings. The summed E-state index contributed by atoms with van der Waals surface area (Å²) in [6, 6.07) is 3.05. The van der Waals surface area contributed by atoms with Crippen molar-refractivity contribution in [3.8, 4) is 0 Å². The van der Waals surface area contributed by atoms with Crippen LogP contribution in [0.1, 0.15) is 41.0 Å². The number of nitrogens with one attached hydrogen (secondary N) is 3. The van der Waals surface area contributed by atoms with Gasteiger partial charge in [-0.1, -0.05) is 40.7 Å². The van der Waals surface area contributed by atoms with Crippen LogP contribution in [0.2, 0.25) is 0 Å². The first kappa shape index (κ1) is 31.4. The molecule has 0 saturated heterocycles. The first-order chi connectivity index (χ1) is 16.5. The van der Waals surface area contributed by atoms with Crippen molar-refractivity contribution in [2.24, 2.45) is 23.2 Å². The van der Waals surface area contributed by atoms with E-state index in [2.05, 4.69) is 10.6 Å². The van der Waals surface area contributed by atoms with Gasteiger partial charge in [-0.2, -0.15) is 0 Å². The molecular formula is C24H41N3O6S2. The summed E-state index contributed by atoms with van der Waals surface area (Å²) in [7, 11) is 1.59. The average molecular weight is 532 g/mol. The van der Waals surface area contributed by atoms with Crippen molar-refractivity contribution in [3.05, 3.63) is 17.5 Å². The molecule has 3 amide bonds. The molecule has 1 aromatic rings. The molecule has 200 valence electrons. The van der Waals surface area contributed by atoms with Gasteiger partial charge in [0, 0.05) is 19.4 Å². The predicted octanol–water partition coefficient (Wildman–Crippen LogP) is 2.93. The number of hydrogen-bond acceptors (Lipinski definition) is 8. The largest absolute Gasteiger partial charge is 0.382 e. The fraction of sp³-hybridized carbons (Fsp3) is 0.708. The molecule has 11 heteroatoms. The van der Waals surface area contributed by atoms with Crippen molar-refractivity contribution < 1.29 is 29.1 Å². The highest BCUT2D eigenvalue weighted by atomic mass is 32.2. The zero-order valence-corrected chi connectivity index (χ0v) is 23.2. The third-order valence-electron chi connectivity index (χ3n) is 5.29.